The number of nitrogens with one attached hydrogen (secondary N) is 1. The van der Waals surface area contributed by atoms with Crippen LogP contribution >= 0.6 is 0 Å². The molecule has 0 bridgehead atoms. The van der Waals surface area contributed by atoms with E-state index in [1.807, 2.05) is 0 Å². The molecule has 2 aromatic rings. The summed E-state index contributed by atoms with van der Waals surface area (Å²) in [6, 6.07) is 18.5. The van der Waals surface area contributed by atoms with E-state index >= 15 is 0 Å². The summed E-state index contributed by atoms with van der Waals surface area (Å²) in [6.07, 6.45) is 10.5. The first-order valence-electron chi connectivity index (χ1n) is 12.1. The zero-order valence-corrected chi connectivity index (χ0v) is 18.7. The van der Waals surface area contributed by atoms with Crippen molar-refractivity contribution in [2.24, 2.45) is 17.3 Å². The van der Waals surface area contributed by atoms with Gasteiger partial charge in [0.15, 0.2) is 0 Å². The number of methoxy groups -OCH3 is 1. The lowest BCUT2D eigenvalue weighted by atomic mass is 9.55. The van der Waals surface area contributed by atoms with E-state index in [2.05, 4.69) is 60.8 Å². The SMILES string of the molecule is COc1ccc2c(c1)CCC1C2CCC2(C)C1CC[C@@H]2NCCCc1ccccc1. The van der Waals surface area contributed by atoms with Crippen molar-refractivity contribution >= 4 is 0 Å². The van der Waals surface area contributed by atoms with E-state index in [-0.39, 0.29) is 0 Å². The summed E-state index contributed by atoms with van der Waals surface area (Å²) in [5, 5.41) is 4.00. The Morgan fingerprint density at radius 3 is 2.73 bits per heavy atom. The normalized spacial score (nSPS) is 32.2. The lowest BCUT2D eigenvalue weighted by Crippen LogP contribution is -2.48. The molecule has 2 nitrogen and oxygen atoms in total. The lowest BCUT2D eigenvalue weighted by Gasteiger charge is -2.51. The van der Waals surface area contributed by atoms with Crippen LogP contribution < -0.4 is 10.1 Å². The smallest absolute Gasteiger partial charge is 0.119 e. The summed E-state index contributed by atoms with van der Waals surface area (Å²) in [5.74, 6) is 3.56. The highest BCUT2D eigenvalue weighted by atomic mass is 16.5. The highest BCUT2D eigenvalue weighted by Gasteiger charge is 2.54. The van der Waals surface area contributed by atoms with Gasteiger partial charge in [0.2, 0.25) is 0 Å². The summed E-state index contributed by atoms with van der Waals surface area (Å²) in [6.45, 7) is 3.76. The summed E-state index contributed by atoms with van der Waals surface area (Å²) in [4.78, 5) is 0. The number of hydrogen-bond donors (Lipinski definition) is 1. The standard InChI is InChI=1S/C28H37NO/c1-28-17-16-24-23-13-11-22(30-2)19-21(23)10-12-25(24)26(28)14-15-27(28)29-18-6-9-20-7-4-3-5-8-20/h3-5,7-8,11,13,19,24-27,29H,6,9-10,12,14-18H2,1-2H3/t24?,25?,26?,27-,28?/m0/s1. The van der Waals surface area contributed by atoms with E-state index < -0.39 is 0 Å². The van der Waals surface area contributed by atoms with Crippen molar-refractivity contribution in [3.05, 3.63) is 65.2 Å². The van der Waals surface area contributed by atoms with Crippen molar-refractivity contribution in [2.45, 2.75) is 70.3 Å². The molecule has 0 heterocycles. The molecule has 0 aliphatic heterocycles. The molecule has 30 heavy (non-hydrogen) atoms. The summed E-state index contributed by atoms with van der Waals surface area (Å²) in [5.41, 5.74) is 5.13. The fourth-order valence-electron chi connectivity index (χ4n) is 7.23. The second kappa shape index (κ2) is 8.38. The highest BCUT2D eigenvalue weighted by molar-refractivity contribution is 5.40. The predicted octanol–water partition coefficient (Wildman–Crippen LogP) is 6.14. The molecule has 1 N–H and O–H groups in total. The van der Waals surface area contributed by atoms with Crippen molar-refractivity contribution in [3.8, 4) is 5.75 Å². The lowest BCUT2D eigenvalue weighted by molar-refractivity contribution is 0.0412. The summed E-state index contributed by atoms with van der Waals surface area (Å²) < 4.78 is 5.48. The third-order valence-electron chi connectivity index (χ3n) is 8.81. The van der Waals surface area contributed by atoms with Crippen molar-refractivity contribution in [2.75, 3.05) is 13.7 Å². The third kappa shape index (κ3) is 3.58. The monoisotopic (exact) mass is 403 g/mol. The third-order valence-corrected chi connectivity index (χ3v) is 8.81. The molecule has 4 unspecified atom stereocenters. The average molecular weight is 404 g/mol. The van der Waals surface area contributed by atoms with Crippen LogP contribution in [0.5, 0.6) is 5.75 Å². The van der Waals surface area contributed by atoms with Gasteiger partial charge in [0, 0.05) is 6.04 Å². The van der Waals surface area contributed by atoms with Crippen LogP contribution in [0.4, 0.5) is 0 Å². The first-order valence-corrected chi connectivity index (χ1v) is 12.1. The largest absolute Gasteiger partial charge is 0.497 e. The molecule has 0 spiro atoms. The maximum Gasteiger partial charge on any atom is 0.119 e. The number of hydrogen-bond acceptors (Lipinski definition) is 2. The van der Waals surface area contributed by atoms with Gasteiger partial charge in [-0.1, -0.05) is 43.3 Å². The molecule has 2 saturated carbocycles. The molecule has 160 valence electrons. The average Bonchev–Trinajstić information content (AvgIpc) is 3.13. The molecule has 0 aromatic heterocycles. The highest BCUT2D eigenvalue weighted by Crippen LogP contribution is 2.60. The fourth-order valence-corrected chi connectivity index (χ4v) is 7.23. The zero-order chi connectivity index (χ0) is 20.6. The quantitative estimate of drug-likeness (QED) is 0.585. The number of aryl methyl sites for hydroxylation is 2. The fraction of sp³-hybridized carbons (Fsp3) is 0.571. The second-order valence-electron chi connectivity index (χ2n) is 10.2. The zero-order valence-electron chi connectivity index (χ0n) is 18.7. The van der Waals surface area contributed by atoms with Crippen molar-refractivity contribution < 1.29 is 4.74 Å². The molecule has 5 atom stereocenters. The summed E-state index contributed by atoms with van der Waals surface area (Å²) >= 11 is 0. The molecule has 0 saturated heterocycles. The van der Waals surface area contributed by atoms with Crippen LogP contribution in [0.2, 0.25) is 0 Å². The van der Waals surface area contributed by atoms with Crippen LogP contribution in [0.25, 0.3) is 0 Å². The van der Waals surface area contributed by atoms with Crippen molar-refractivity contribution in [1.29, 1.82) is 0 Å². The van der Waals surface area contributed by atoms with Crippen LogP contribution in [-0.2, 0) is 12.8 Å². The van der Waals surface area contributed by atoms with Crippen LogP contribution in [-0.4, -0.2) is 19.7 Å². The maximum atomic E-state index is 5.48. The van der Waals surface area contributed by atoms with Crippen LogP contribution in [0.3, 0.4) is 0 Å². The molecular weight excluding hydrogens is 366 g/mol. The van der Waals surface area contributed by atoms with Gasteiger partial charge in [-0.15, -0.1) is 0 Å². The molecule has 0 radical (unpaired) electrons. The van der Waals surface area contributed by atoms with Gasteiger partial charge in [-0.05, 0) is 110 Å². The number of benzene rings is 2. The summed E-state index contributed by atoms with van der Waals surface area (Å²) in [7, 11) is 1.78. The second-order valence-corrected chi connectivity index (χ2v) is 10.2. The van der Waals surface area contributed by atoms with E-state index in [1.54, 1.807) is 18.2 Å². The van der Waals surface area contributed by atoms with Gasteiger partial charge in [0.05, 0.1) is 7.11 Å². The molecule has 0 amide bonds. The molecule has 3 aliphatic carbocycles. The topological polar surface area (TPSA) is 21.3 Å². The molecule has 5 rings (SSSR count). The van der Waals surface area contributed by atoms with Gasteiger partial charge >= 0.3 is 0 Å². The number of rotatable bonds is 6. The van der Waals surface area contributed by atoms with Crippen LogP contribution in [0, 0.1) is 17.3 Å². The van der Waals surface area contributed by atoms with Crippen molar-refractivity contribution in [1.82, 2.24) is 5.32 Å². The van der Waals surface area contributed by atoms with Gasteiger partial charge < -0.3 is 10.1 Å². The van der Waals surface area contributed by atoms with Gasteiger partial charge in [-0.3, -0.25) is 0 Å². The van der Waals surface area contributed by atoms with E-state index in [1.165, 1.54) is 56.9 Å². The number of fused-ring (bicyclic) bond motifs is 5. The number of ether oxygens (including phenoxy) is 1. The Balaban J connectivity index is 1.23. The van der Waals surface area contributed by atoms with Gasteiger partial charge in [-0.25, -0.2) is 0 Å². The first kappa shape index (κ1) is 20.1. The van der Waals surface area contributed by atoms with E-state index in [9.17, 15) is 0 Å². The van der Waals surface area contributed by atoms with E-state index in [0.717, 1.165) is 30.0 Å². The van der Waals surface area contributed by atoms with Crippen LogP contribution in [0.1, 0.15) is 68.1 Å². The van der Waals surface area contributed by atoms with E-state index in [4.69, 9.17) is 4.74 Å². The molecule has 2 aromatic carbocycles. The van der Waals surface area contributed by atoms with Crippen molar-refractivity contribution in [3.63, 3.8) is 0 Å². The Kier molecular flexibility index (Phi) is 5.62. The maximum absolute atomic E-state index is 5.48. The minimum atomic E-state index is 0.484. The predicted molar refractivity (Wildman–Crippen MR) is 124 cm³/mol. The van der Waals surface area contributed by atoms with Gasteiger partial charge in [0.1, 0.15) is 5.75 Å². The Labute approximate surface area is 182 Å². The minimum Gasteiger partial charge on any atom is -0.497 e. The molecular formula is C28H37NO. The Hall–Kier alpha value is -1.80. The molecule has 2 fully saturated rings. The molecule has 3 aliphatic rings. The van der Waals surface area contributed by atoms with E-state index in [0.29, 0.717) is 11.5 Å². The Morgan fingerprint density at radius 1 is 1.03 bits per heavy atom. The first-order chi connectivity index (χ1) is 14.7. The van der Waals surface area contributed by atoms with Gasteiger partial charge in [0.25, 0.3) is 0 Å². The Morgan fingerprint density at radius 2 is 1.90 bits per heavy atom. The van der Waals surface area contributed by atoms with Gasteiger partial charge in [-0.2, -0.15) is 0 Å². The molecule has 2 heteroatoms. The van der Waals surface area contributed by atoms with Crippen LogP contribution in [0.15, 0.2) is 48.5 Å². The Bertz CT molecular complexity index is 862. The minimum absolute atomic E-state index is 0.484.